The third-order valence-corrected chi connectivity index (χ3v) is 5.87. The third kappa shape index (κ3) is 2.20. The summed E-state index contributed by atoms with van der Waals surface area (Å²) in [4.78, 5) is 11.0. The second-order valence-electron chi connectivity index (χ2n) is 4.42. The van der Waals surface area contributed by atoms with Crippen molar-refractivity contribution in [1.82, 2.24) is 4.72 Å². The van der Waals surface area contributed by atoms with Gasteiger partial charge in [0.25, 0.3) is 0 Å². The Kier molecular flexibility index (Phi) is 3.25. The molecule has 2 N–H and O–H groups in total. The van der Waals surface area contributed by atoms with Gasteiger partial charge >= 0.3 is 5.97 Å². The van der Waals surface area contributed by atoms with E-state index in [1.54, 1.807) is 24.3 Å². The lowest BCUT2D eigenvalue weighted by Crippen LogP contribution is -2.48. The molecule has 0 radical (unpaired) electrons. The molecule has 0 bridgehead atoms. The van der Waals surface area contributed by atoms with Crippen LogP contribution in [0.2, 0.25) is 0 Å². The smallest absolute Gasteiger partial charge is 0.347 e. The molecule has 1 fully saturated rings. The fourth-order valence-corrected chi connectivity index (χ4v) is 4.96. The molecule has 0 saturated carbocycles. The van der Waals surface area contributed by atoms with Crippen LogP contribution in [0.25, 0.3) is 10.1 Å². The lowest BCUT2D eigenvalue weighted by Gasteiger charge is -2.26. The number of carbonyl (C=O) groups is 1. The van der Waals surface area contributed by atoms with Crippen molar-refractivity contribution in [2.24, 2.45) is 0 Å². The van der Waals surface area contributed by atoms with E-state index < -0.39 is 16.0 Å². The van der Waals surface area contributed by atoms with Gasteiger partial charge in [0.1, 0.15) is 9.77 Å². The molecule has 0 unspecified atom stereocenters. The van der Waals surface area contributed by atoms with Gasteiger partial charge in [-0.1, -0.05) is 18.2 Å². The van der Waals surface area contributed by atoms with Gasteiger partial charge in [-0.2, -0.15) is 0 Å². The van der Waals surface area contributed by atoms with E-state index in [2.05, 4.69) is 4.72 Å². The molecule has 2 heterocycles. The van der Waals surface area contributed by atoms with Crippen molar-refractivity contribution in [3.63, 3.8) is 0 Å². The number of rotatable bonds is 4. The molecule has 20 heavy (non-hydrogen) atoms. The maximum Gasteiger partial charge on any atom is 0.347 e. The Morgan fingerprint density at radius 3 is 2.65 bits per heavy atom. The molecule has 8 heteroatoms. The Morgan fingerprint density at radius 1 is 1.35 bits per heavy atom. The molecule has 1 saturated heterocycles. The molecular weight excluding hydrogens is 302 g/mol. The van der Waals surface area contributed by atoms with Crippen molar-refractivity contribution in [2.75, 3.05) is 13.2 Å². The second kappa shape index (κ2) is 4.81. The normalized spacial score (nSPS) is 16.2. The SMILES string of the molecule is O=C(O)c1sc2ccccc2c1S(=O)(=O)NC1COC1. The zero-order valence-electron chi connectivity index (χ0n) is 10.2. The molecule has 1 aromatic heterocycles. The molecule has 2 aromatic rings. The van der Waals surface area contributed by atoms with Crippen LogP contribution in [0.5, 0.6) is 0 Å². The van der Waals surface area contributed by atoms with Gasteiger partial charge in [0.05, 0.1) is 19.3 Å². The van der Waals surface area contributed by atoms with Crippen molar-refractivity contribution >= 4 is 37.4 Å². The van der Waals surface area contributed by atoms with Crippen LogP contribution < -0.4 is 4.72 Å². The molecule has 0 amide bonds. The Labute approximate surface area is 119 Å². The fraction of sp³-hybridized carbons (Fsp3) is 0.250. The van der Waals surface area contributed by atoms with Crippen LogP contribution in [0.3, 0.4) is 0 Å². The van der Waals surface area contributed by atoms with Gasteiger partial charge in [-0.3, -0.25) is 0 Å². The van der Waals surface area contributed by atoms with E-state index in [1.165, 1.54) is 0 Å². The summed E-state index contributed by atoms with van der Waals surface area (Å²) in [6.07, 6.45) is 0. The number of benzene rings is 1. The van der Waals surface area contributed by atoms with Crippen molar-refractivity contribution in [1.29, 1.82) is 0 Å². The first-order chi connectivity index (χ1) is 9.49. The van der Waals surface area contributed by atoms with Gasteiger partial charge in [0.15, 0.2) is 0 Å². The maximum absolute atomic E-state index is 12.4. The quantitative estimate of drug-likeness (QED) is 0.887. The van der Waals surface area contributed by atoms with Crippen molar-refractivity contribution < 1.29 is 23.1 Å². The van der Waals surface area contributed by atoms with E-state index in [0.29, 0.717) is 23.3 Å². The highest BCUT2D eigenvalue weighted by Crippen LogP contribution is 2.34. The minimum absolute atomic E-state index is 0.155. The molecule has 1 aliphatic heterocycles. The van der Waals surface area contributed by atoms with Crippen LogP contribution in [-0.4, -0.2) is 38.7 Å². The Morgan fingerprint density at radius 2 is 2.05 bits per heavy atom. The van der Waals surface area contributed by atoms with Crippen molar-refractivity contribution in [2.45, 2.75) is 10.9 Å². The predicted octanol–water partition coefficient (Wildman–Crippen LogP) is 1.28. The third-order valence-electron chi connectivity index (χ3n) is 2.97. The highest BCUT2D eigenvalue weighted by molar-refractivity contribution is 7.90. The molecule has 106 valence electrons. The number of aromatic carboxylic acids is 1. The van der Waals surface area contributed by atoms with E-state index in [-0.39, 0.29) is 15.8 Å². The van der Waals surface area contributed by atoms with Crippen LogP contribution in [0.15, 0.2) is 29.2 Å². The zero-order chi connectivity index (χ0) is 14.3. The molecule has 0 atom stereocenters. The average molecular weight is 313 g/mol. The minimum atomic E-state index is -3.88. The van der Waals surface area contributed by atoms with E-state index in [1.807, 2.05) is 0 Å². The van der Waals surface area contributed by atoms with E-state index >= 15 is 0 Å². The number of ether oxygens (including phenoxy) is 1. The van der Waals surface area contributed by atoms with E-state index in [9.17, 15) is 18.3 Å². The summed E-state index contributed by atoms with van der Waals surface area (Å²) in [7, 11) is -3.88. The monoisotopic (exact) mass is 313 g/mol. The van der Waals surface area contributed by atoms with Gasteiger partial charge < -0.3 is 9.84 Å². The summed E-state index contributed by atoms with van der Waals surface area (Å²) in [5.74, 6) is -1.24. The summed E-state index contributed by atoms with van der Waals surface area (Å²) in [6, 6.07) is 6.46. The standard InChI is InChI=1S/C12H11NO5S2/c14-12(15)10-11(8-3-1-2-4-9(8)19-10)20(16,17)13-7-5-18-6-7/h1-4,7,13H,5-6H2,(H,14,15). The number of thiophene rings is 1. The van der Waals surface area contributed by atoms with Crippen molar-refractivity contribution in [3.8, 4) is 0 Å². The molecule has 3 rings (SSSR count). The Hall–Kier alpha value is -1.48. The second-order valence-corrected chi connectivity index (χ2v) is 7.12. The first-order valence-corrected chi connectivity index (χ1v) is 8.14. The fourth-order valence-electron chi connectivity index (χ4n) is 2.01. The Balaban J connectivity index is 2.17. The van der Waals surface area contributed by atoms with Gasteiger partial charge in [-0.05, 0) is 6.07 Å². The summed E-state index contributed by atoms with van der Waals surface area (Å²) in [5, 5.41) is 9.66. The average Bonchev–Trinajstić information content (AvgIpc) is 2.74. The maximum atomic E-state index is 12.4. The number of nitrogens with one attached hydrogen (secondary N) is 1. The number of fused-ring (bicyclic) bond motifs is 1. The lowest BCUT2D eigenvalue weighted by atomic mass is 10.2. The first-order valence-electron chi connectivity index (χ1n) is 5.84. The number of carboxylic acid groups (broad SMARTS) is 1. The topological polar surface area (TPSA) is 92.7 Å². The minimum Gasteiger partial charge on any atom is -0.477 e. The summed E-state index contributed by atoms with van der Waals surface area (Å²) in [5.41, 5.74) is 0. The van der Waals surface area contributed by atoms with Gasteiger partial charge in [0.2, 0.25) is 10.0 Å². The number of sulfonamides is 1. The highest BCUT2D eigenvalue weighted by atomic mass is 32.2. The number of carboxylic acids is 1. The van der Waals surface area contributed by atoms with Gasteiger partial charge in [0, 0.05) is 10.1 Å². The summed E-state index contributed by atoms with van der Waals surface area (Å²) >= 11 is 0.962. The molecule has 1 aromatic carbocycles. The molecular formula is C12H11NO5S2. The van der Waals surface area contributed by atoms with Crippen molar-refractivity contribution in [3.05, 3.63) is 29.1 Å². The van der Waals surface area contributed by atoms with E-state index in [0.717, 1.165) is 11.3 Å². The Bertz CT molecular complexity index is 776. The van der Waals surface area contributed by atoms with Gasteiger partial charge in [-0.15, -0.1) is 11.3 Å². The molecule has 1 aliphatic rings. The van der Waals surface area contributed by atoms with Gasteiger partial charge in [-0.25, -0.2) is 17.9 Å². The molecule has 0 spiro atoms. The summed E-state index contributed by atoms with van der Waals surface area (Å²) in [6.45, 7) is 0.618. The van der Waals surface area contributed by atoms with Crippen LogP contribution >= 0.6 is 11.3 Å². The van der Waals surface area contributed by atoms with Crippen LogP contribution in [-0.2, 0) is 14.8 Å². The van der Waals surface area contributed by atoms with E-state index in [4.69, 9.17) is 4.74 Å². The lowest BCUT2D eigenvalue weighted by molar-refractivity contribution is 0.00482. The largest absolute Gasteiger partial charge is 0.477 e. The number of hydrogen-bond acceptors (Lipinski definition) is 5. The predicted molar refractivity (Wildman–Crippen MR) is 73.7 cm³/mol. The zero-order valence-corrected chi connectivity index (χ0v) is 11.8. The number of hydrogen-bond donors (Lipinski definition) is 2. The summed E-state index contributed by atoms with van der Waals surface area (Å²) < 4.78 is 32.9. The first kappa shape index (κ1) is 13.5. The molecule has 0 aliphatic carbocycles. The molecule has 6 nitrogen and oxygen atoms in total. The van der Waals surface area contributed by atoms with Crippen LogP contribution in [0.4, 0.5) is 0 Å². The van der Waals surface area contributed by atoms with Crippen LogP contribution in [0, 0.1) is 0 Å². The highest BCUT2D eigenvalue weighted by Gasteiger charge is 2.32. The van der Waals surface area contributed by atoms with Crippen LogP contribution in [0.1, 0.15) is 9.67 Å².